The van der Waals surface area contributed by atoms with Gasteiger partial charge in [0.25, 0.3) is 0 Å². The van der Waals surface area contributed by atoms with Crippen LogP contribution in [0, 0.1) is 6.92 Å². The van der Waals surface area contributed by atoms with Gasteiger partial charge in [0.2, 0.25) is 0 Å². The van der Waals surface area contributed by atoms with Crippen LogP contribution in [0.2, 0.25) is 0 Å². The van der Waals surface area contributed by atoms with Crippen LogP contribution in [0.4, 0.5) is 0 Å². The molecule has 0 bridgehead atoms. The van der Waals surface area contributed by atoms with Crippen LogP contribution in [-0.4, -0.2) is 39.5 Å². The number of aromatic amines is 1. The van der Waals surface area contributed by atoms with E-state index in [0.29, 0.717) is 0 Å². The minimum Gasteiger partial charge on any atom is -0.356 e. The van der Waals surface area contributed by atoms with Crippen molar-refractivity contribution in [1.29, 1.82) is 0 Å². The predicted octanol–water partition coefficient (Wildman–Crippen LogP) is 4.42. The molecule has 1 saturated heterocycles. The molecule has 1 aliphatic rings. The van der Waals surface area contributed by atoms with E-state index in [-0.39, 0.29) is 0 Å². The van der Waals surface area contributed by atoms with Gasteiger partial charge in [-0.1, -0.05) is 19.8 Å². The van der Waals surface area contributed by atoms with Gasteiger partial charge in [-0.2, -0.15) is 0 Å². The molecule has 2 aromatic rings. The fourth-order valence-electron chi connectivity index (χ4n) is 3.78. The van der Waals surface area contributed by atoms with Gasteiger partial charge >= 0.3 is 0 Å². The number of H-pyrrole nitrogens is 1. The Labute approximate surface area is 146 Å². The third-order valence-electron chi connectivity index (χ3n) is 5.25. The number of nitrogens with one attached hydrogen (secondary N) is 1. The van der Waals surface area contributed by atoms with E-state index < -0.39 is 0 Å². The van der Waals surface area contributed by atoms with E-state index >= 15 is 0 Å². The van der Waals surface area contributed by atoms with Crippen LogP contribution in [0.5, 0.6) is 0 Å². The Morgan fingerprint density at radius 3 is 2.71 bits per heavy atom. The summed E-state index contributed by atoms with van der Waals surface area (Å²) in [6.07, 6.45) is 13.2. The molecular weight excluding hydrogens is 296 g/mol. The SMILES string of the molecule is CCCCc1ncc2[nH]c(C)c(CCCCN3CCCCC3)c2n1. The zero-order valence-electron chi connectivity index (χ0n) is 15.4. The molecule has 2 aromatic heterocycles. The van der Waals surface area contributed by atoms with Crippen molar-refractivity contribution in [3.63, 3.8) is 0 Å². The summed E-state index contributed by atoms with van der Waals surface area (Å²) in [6.45, 7) is 8.26. The lowest BCUT2D eigenvalue weighted by molar-refractivity contribution is 0.225. The van der Waals surface area contributed by atoms with Gasteiger partial charge in [0.05, 0.1) is 17.2 Å². The van der Waals surface area contributed by atoms with Gasteiger partial charge in [0.1, 0.15) is 5.82 Å². The number of likely N-dealkylation sites (tertiary alicyclic amines) is 1. The normalized spacial score (nSPS) is 16.1. The third-order valence-corrected chi connectivity index (χ3v) is 5.25. The van der Waals surface area contributed by atoms with Crippen LogP contribution >= 0.6 is 0 Å². The number of fused-ring (bicyclic) bond motifs is 1. The summed E-state index contributed by atoms with van der Waals surface area (Å²) >= 11 is 0. The van der Waals surface area contributed by atoms with Gasteiger partial charge in [-0.3, -0.25) is 0 Å². The van der Waals surface area contributed by atoms with Gasteiger partial charge in [-0.15, -0.1) is 0 Å². The van der Waals surface area contributed by atoms with E-state index in [2.05, 4.69) is 28.7 Å². The van der Waals surface area contributed by atoms with Crippen molar-refractivity contribution in [2.75, 3.05) is 19.6 Å². The second kappa shape index (κ2) is 8.61. The molecular formula is C20H32N4. The average Bonchev–Trinajstić information content (AvgIpc) is 2.92. The monoisotopic (exact) mass is 328 g/mol. The Bertz CT molecular complexity index is 640. The van der Waals surface area contributed by atoms with Crippen LogP contribution in [0.3, 0.4) is 0 Å². The molecule has 1 N–H and O–H groups in total. The molecule has 4 nitrogen and oxygen atoms in total. The molecule has 0 spiro atoms. The Kier molecular flexibility index (Phi) is 6.24. The van der Waals surface area contributed by atoms with Gasteiger partial charge in [-0.05, 0) is 70.6 Å². The molecule has 1 aliphatic heterocycles. The van der Waals surface area contributed by atoms with Crippen molar-refractivity contribution < 1.29 is 0 Å². The first-order chi connectivity index (χ1) is 11.8. The number of rotatable bonds is 8. The minimum absolute atomic E-state index is 0.991. The van der Waals surface area contributed by atoms with E-state index in [1.807, 2.05) is 6.20 Å². The number of piperidine rings is 1. The molecule has 132 valence electrons. The second-order valence-electron chi connectivity index (χ2n) is 7.24. The zero-order chi connectivity index (χ0) is 16.8. The number of hydrogen-bond acceptors (Lipinski definition) is 3. The highest BCUT2D eigenvalue weighted by Gasteiger charge is 2.12. The maximum Gasteiger partial charge on any atom is 0.129 e. The van der Waals surface area contributed by atoms with Crippen molar-refractivity contribution in [1.82, 2.24) is 19.9 Å². The predicted molar refractivity (Wildman–Crippen MR) is 100 cm³/mol. The minimum atomic E-state index is 0.991. The molecule has 0 aliphatic carbocycles. The summed E-state index contributed by atoms with van der Waals surface area (Å²) in [6, 6.07) is 0. The fourth-order valence-corrected chi connectivity index (χ4v) is 3.78. The van der Waals surface area contributed by atoms with E-state index in [1.165, 1.54) is 75.8 Å². The van der Waals surface area contributed by atoms with Gasteiger partial charge < -0.3 is 9.88 Å². The summed E-state index contributed by atoms with van der Waals surface area (Å²) < 4.78 is 0. The molecule has 0 atom stereocenters. The largest absolute Gasteiger partial charge is 0.356 e. The lowest BCUT2D eigenvalue weighted by Crippen LogP contribution is -2.30. The Balaban J connectivity index is 1.59. The van der Waals surface area contributed by atoms with Gasteiger partial charge in [-0.25, -0.2) is 9.97 Å². The number of unbranched alkanes of at least 4 members (excludes halogenated alkanes) is 2. The fraction of sp³-hybridized carbons (Fsp3) is 0.700. The quantitative estimate of drug-likeness (QED) is 0.730. The molecule has 0 amide bonds. The molecule has 0 unspecified atom stereocenters. The first kappa shape index (κ1) is 17.4. The van der Waals surface area contributed by atoms with E-state index in [4.69, 9.17) is 4.98 Å². The van der Waals surface area contributed by atoms with Crippen molar-refractivity contribution >= 4 is 11.0 Å². The summed E-state index contributed by atoms with van der Waals surface area (Å²) in [5.41, 5.74) is 4.93. The van der Waals surface area contributed by atoms with E-state index in [9.17, 15) is 0 Å². The highest BCUT2D eigenvalue weighted by atomic mass is 15.1. The first-order valence-electron chi connectivity index (χ1n) is 9.83. The molecule has 3 heterocycles. The molecule has 0 radical (unpaired) electrons. The van der Waals surface area contributed by atoms with Crippen molar-refractivity contribution in [2.24, 2.45) is 0 Å². The van der Waals surface area contributed by atoms with Crippen LogP contribution in [-0.2, 0) is 12.8 Å². The molecule has 0 aromatic carbocycles. The molecule has 24 heavy (non-hydrogen) atoms. The topological polar surface area (TPSA) is 44.8 Å². The van der Waals surface area contributed by atoms with E-state index in [1.54, 1.807) is 0 Å². The Morgan fingerprint density at radius 1 is 1.08 bits per heavy atom. The van der Waals surface area contributed by atoms with Crippen LogP contribution in [0.1, 0.15) is 69.0 Å². The van der Waals surface area contributed by atoms with Gasteiger partial charge in [0, 0.05) is 12.1 Å². The van der Waals surface area contributed by atoms with Crippen molar-refractivity contribution in [3.8, 4) is 0 Å². The summed E-state index contributed by atoms with van der Waals surface area (Å²) in [5, 5.41) is 0. The lowest BCUT2D eigenvalue weighted by atomic mass is 10.1. The molecule has 4 heteroatoms. The third kappa shape index (κ3) is 4.35. The van der Waals surface area contributed by atoms with Crippen LogP contribution < -0.4 is 0 Å². The molecule has 1 fully saturated rings. The maximum absolute atomic E-state index is 4.85. The second-order valence-corrected chi connectivity index (χ2v) is 7.24. The van der Waals surface area contributed by atoms with Crippen molar-refractivity contribution in [2.45, 2.75) is 71.6 Å². The number of aryl methyl sites for hydroxylation is 3. The summed E-state index contributed by atoms with van der Waals surface area (Å²) in [7, 11) is 0. The average molecular weight is 329 g/mol. The van der Waals surface area contributed by atoms with E-state index in [0.717, 1.165) is 29.7 Å². The smallest absolute Gasteiger partial charge is 0.129 e. The lowest BCUT2D eigenvalue weighted by Gasteiger charge is -2.26. The first-order valence-corrected chi connectivity index (χ1v) is 9.83. The maximum atomic E-state index is 4.85. The summed E-state index contributed by atoms with van der Waals surface area (Å²) in [5.74, 6) is 0.998. The highest BCUT2D eigenvalue weighted by molar-refractivity contribution is 5.79. The van der Waals surface area contributed by atoms with Crippen molar-refractivity contribution in [3.05, 3.63) is 23.3 Å². The number of nitrogens with zero attached hydrogens (tertiary/aromatic N) is 3. The molecule has 3 rings (SSSR count). The zero-order valence-corrected chi connectivity index (χ0v) is 15.4. The number of hydrogen-bond donors (Lipinski definition) is 1. The van der Waals surface area contributed by atoms with Crippen LogP contribution in [0.25, 0.3) is 11.0 Å². The number of aromatic nitrogens is 3. The Hall–Kier alpha value is -1.42. The standard InChI is InChI=1S/C20H32N4/c1-3-4-11-19-21-15-18-20(23-19)17(16(2)22-18)10-6-9-14-24-12-7-5-8-13-24/h15,22H,3-14H2,1-2H3. The van der Waals surface area contributed by atoms with Crippen LogP contribution in [0.15, 0.2) is 6.20 Å². The summed E-state index contributed by atoms with van der Waals surface area (Å²) in [4.78, 5) is 15.5. The van der Waals surface area contributed by atoms with Gasteiger partial charge in [0.15, 0.2) is 0 Å². The molecule has 0 saturated carbocycles. The highest BCUT2D eigenvalue weighted by Crippen LogP contribution is 2.22. The Morgan fingerprint density at radius 2 is 1.92 bits per heavy atom.